The number of pyridine rings is 1. The van der Waals surface area contributed by atoms with E-state index in [4.69, 9.17) is 0 Å². The van der Waals surface area contributed by atoms with Crippen LogP contribution in [0.15, 0.2) is 52.5 Å². The van der Waals surface area contributed by atoms with Gasteiger partial charge in [0.15, 0.2) is 0 Å². The Hall–Kier alpha value is -1.53. The van der Waals surface area contributed by atoms with Crippen molar-refractivity contribution in [3.8, 4) is 0 Å². The number of hydrogen-bond donors (Lipinski definition) is 1. The standard InChI is InChI=1S/C15H14F3NOS/c1-2-12(20)11-5-3-4-6-13(11)21-14-8-7-10(9-19-14)15(16,17)18/h3-9,12,20H,2H2,1H3/t12-/m0/s1. The number of aromatic nitrogens is 1. The summed E-state index contributed by atoms with van der Waals surface area (Å²) in [6.45, 7) is 1.86. The SMILES string of the molecule is CC[C@H](O)c1ccccc1Sc1ccc(C(F)(F)F)cn1. The van der Waals surface area contributed by atoms with E-state index < -0.39 is 17.8 Å². The van der Waals surface area contributed by atoms with Gasteiger partial charge in [-0.3, -0.25) is 0 Å². The zero-order chi connectivity index (χ0) is 15.5. The minimum absolute atomic E-state index is 0.457. The molecule has 0 aliphatic rings. The van der Waals surface area contributed by atoms with Crippen LogP contribution in [-0.4, -0.2) is 10.1 Å². The van der Waals surface area contributed by atoms with E-state index >= 15 is 0 Å². The van der Waals surface area contributed by atoms with Gasteiger partial charge in [-0.15, -0.1) is 0 Å². The van der Waals surface area contributed by atoms with Gasteiger partial charge in [0, 0.05) is 11.1 Å². The minimum atomic E-state index is -4.38. The molecule has 1 N–H and O–H groups in total. The molecule has 0 spiro atoms. The largest absolute Gasteiger partial charge is 0.417 e. The molecule has 0 bridgehead atoms. The van der Waals surface area contributed by atoms with Crippen molar-refractivity contribution in [2.75, 3.05) is 0 Å². The Balaban J connectivity index is 2.23. The van der Waals surface area contributed by atoms with Crippen molar-refractivity contribution in [3.63, 3.8) is 0 Å². The van der Waals surface area contributed by atoms with Crippen molar-refractivity contribution in [1.29, 1.82) is 0 Å². The van der Waals surface area contributed by atoms with E-state index in [1.807, 2.05) is 25.1 Å². The van der Waals surface area contributed by atoms with E-state index in [1.54, 1.807) is 6.07 Å². The maximum atomic E-state index is 12.5. The molecule has 0 amide bonds. The molecule has 112 valence electrons. The molecule has 1 aromatic heterocycles. The molecule has 0 saturated heterocycles. The summed E-state index contributed by atoms with van der Waals surface area (Å²) in [6, 6.07) is 9.60. The van der Waals surface area contributed by atoms with Crippen LogP contribution in [0.5, 0.6) is 0 Å². The first-order valence-electron chi connectivity index (χ1n) is 6.40. The fourth-order valence-electron chi connectivity index (χ4n) is 1.79. The molecule has 0 saturated carbocycles. The van der Waals surface area contributed by atoms with Crippen LogP contribution in [0.2, 0.25) is 0 Å². The first-order valence-corrected chi connectivity index (χ1v) is 7.21. The van der Waals surface area contributed by atoms with Crippen LogP contribution in [0.4, 0.5) is 13.2 Å². The van der Waals surface area contributed by atoms with Gasteiger partial charge >= 0.3 is 6.18 Å². The third-order valence-electron chi connectivity index (χ3n) is 2.94. The van der Waals surface area contributed by atoms with Crippen LogP contribution < -0.4 is 0 Å². The zero-order valence-electron chi connectivity index (χ0n) is 11.3. The zero-order valence-corrected chi connectivity index (χ0v) is 12.1. The van der Waals surface area contributed by atoms with Gasteiger partial charge in [0.2, 0.25) is 0 Å². The number of hydrogen-bond acceptors (Lipinski definition) is 3. The molecule has 0 fully saturated rings. The van der Waals surface area contributed by atoms with E-state index in [-0.39, 0.29) is 0 Å². The van der Waals surface area contributed by atoms with Crippen molar-refractivity contribution in [2.45, 2.75) is 35.5 Å². The maximum absolute atomic E-state index is 12.5. The number of benzene rings is 1. The van der Waals surface area contributed by atoms with Crippen molar-refractivity contribution in [1.82, 2.24) is 4.98 Å². The number of aliphatic hydroxyl groups excluding tert-OH is 1. The van der Waals surface area contributed by atoms with Gasteiger partial charge in [0.1, 0.15) is 5.03 Å². The van der Waals surface area contributed by atoms with Crippen LogP contribution in [0.25, 0.3) is 0 Å². The molecule has 1 atom stereocenters. The molecule has 1 heterocycles. The molecule has 1 aromatic carbocycles. The van der Waals surface area contributed by atoms with Gasteiger partial charge in [-0.05, 0) is 30.2 Å². The highest BCUT2D eigenvalue weighted by atomic mass is 32.2. The Bertz CT molecular complexity index is 599. The van der Waals surface area contributed by atoms with Gasteiger partial charge < -0.3 is 5.11 Å². The molecular formula is C15H14F3NOS. The summed E-state index contributed by atoms with van der Waals surface area (Å²) in [5.41, 5.74) is -0.0135. The Morgan fingerprint density at radius 1 is 1.19 bits per heavy atom. The third-order valence-corrected chi connectivity index (χ3v) is 3.99. The van der Waals surface area contributed by atoms with Crippen molar-refractivity contribution >= 4 is 11.8 Å². The molecule has 2 rings (SSSR count). The lowest BCUT2D eigenvalue weighted by Gasteiger charge is -2.13. The van der Waals surface area contributed by atoms with Crippen LogP contribution in [0.1, 0.15) is 30.6 Å². The van der Waals surface area contributed by atoms with Gasteiger partial charge in [-0.25, -0.2) is 4.98 Å². The minimum Gasteiger partial charge on any atom is -0.388 e. The molecule has 21 heavy (non-hydrogen) atoms. The highest BCUT2D eigenvalue weighted by Gasteiger charge is 2.30. The van der Waals surface area contributed by atoms with Gasteiger partial charge in [-0.2, -0.15) is 13.2 Å². The van der Waals surface area contributed by atoms with Crippen LogP contribution in [0, 0.1) is 0 Å². The number of alkyl halides is 3. The summed E-state index contributed by atoms with van der Waals surface area (Å²) < 4.78 is 37.4. The predicted molar refractivity (Wildman–Crippen MR) is 75.1 cm³/mol. The van der Waals surface area contributed by atoms with Crippen molar-refractivity contribution < 1.29 is 18.3 Å². The van der Waals surface area contributed by atoms with Crippen molar-refractivity contribution in [2.24, 2.45) is 0 Å². The second kappa shape index (κ2) is 6.49. The second-order valence-electron chi connectivity index (χ2n) is 4.45. The Morgan fingerprint density at radius 3 is 2.48 bits per heavy atom. The summed E-state index contributed by atoms with van der Waals surface area (Å²) >= 11 is 1.24. The fraction of sp³-hybridized carbons (Fsp3) is 0.267. The lowest BCUT2D eigenvalue weighted by Crippen LogP contribution is -2.05. The summed E-state index contributed by atoms with van der Waals surface area (Å²) in [7, 11) is 0. The number of nitrogens with zero attached hydrogens (tertiary/aromatic N) is 1. The predicted octanol–water partition coefficient (Wildman–Crippen LogP) is 4.70. The summed E-state index contributed by atoms with van der Waals surface area (Å²) in [6.07, 6.45) is -3.59. The monoisotopic (exact) mass is 313 g/mol. The molecule has 0 aliphatic carbocycles. The Labute approximate surface area is 125 Å². The van der Waals surface area contributed by atoms with E-state index in [0.29, 0.717) is 11.4 Å². The first-order chi connectivity index (χ1) is 9.91. The summed E-state index contributed by atoms with van der Waals surface area (Å²) in [5.74, 6) is 0. The molecule has 2 nitrogen and oxygen atoms in total. The topological polar surface area (TPSA) is 33.1 Å². The highest BCUT2D eigenvalue weighted by Crippen LogP contribution is 2.34. The molecule has 0 unspecified atom stereocenters. The van der Waals surface area contributed by atoms with E-state index in [0.717, 1.165) is 22.7 Å². The van der Waals surface area contributed by atoms with E-state index in [9.17, 15) is 18.3 Å². The average molecular weight is 313 g/mol. The molecular weight excluding hydrogens is 299 g/mol. The van der Waals surface area contributed by atoms with E-state index in [2.05, 4.69) is 4.98 Å². The van der Waals surface area contributed by atoms with E-state index in [1.165, 1.54) is 17.8 Å². The molecule has 6 heteroatoms. The van der Waals surface area contributed by atoms with Crippen LogP contribution in [0.3, 0.4) is 0 Å². The van der Waals surface area contributed by atoms with Gasteiger partial charge in [-0.1, -0.05) is 36.9 Å². The quantitative estimate of drug-likeness (QED) is 0.888. The molecule has 2 aromatic rings. The van der Waals surface area contributed by atoms with Crippen LogP contribution >= 0.6 is 11.8 Å². The normalized spacial score (nSPS) is 13.2. The lowest BCUT2D eigenvalue weighted by atomic mass is 10.1. The van der Waals surface area contributed by atoms with Gasteiger partial charge in [0.05, 0.1) is 11.7 Å². The number of halogens is 3. The Morgan fingerprint density at radius 2 is 1.90 bits per heavy atom. The number of aliphatic hydroxyl groups is 1. The maximum Gasteiger partial charge on any atom is 0.417 e. The first kappa shape index (κ1) is 15.9. The fourth-order valence-corrected chi connectivity index (χ4v) is 2.73. The molecule has 0 radical (unpaired) electrons. The number of rotatable bonds is 4. The van der Waals surface area contributed by atoms with Gasteiger partial charge in [0.25, 0.3) is 0 Å². The Kier molecular flexibility index (Phi) is 4.90. The highest BCUT2D eigenvalue weighted by molar-refractivity contribution is 7.99. The molecule has 0 aliphatic heterocycles. The third kappa shape index (κ3) is 3.98. The summed E-state index contributed by atoms with van der Waals surface area (Å²) in [4.78, 5) is 4.62. The van der Waals surface area contributed by atoms with Crippen molar-refractivity contribution in [3.05, 3.63) is 53.7 Å². The smallest absolute Gasteiger partial charge is 0.388 e. The average Bonchev–Trinajstić information content (AvgIpc) is 2.46. The van der Waals surface area contributed by atoms with Crippen LogP contribution in [-0.2, 0) is 6.18 Å². The lowest BCUT2D eigenvalue weighted by molar-refractivity contribution is -0.137. The second-order valence-corrected chi connectivity index (χ2v) is 5.51. The summed E-state index contributed by atoms with van der Waals surface area (Å²) in [5, 5.41) is 10.4.